The summed E-state index contributed by atoms with van der Waals surface area (Å²) < 4.78 is 0. The van der Waals surface area contributed by atoms with Gasteiger partial charge in [-0.1, -0.05) is 19.3 Å². The number of thiophene rings is 1. The average molecular weight is 294 g/mol. The second-order valence-corrected chi connectivity index (χ2v) is 6.52. The van der Waals surface area contributed by atoms with E-state index in [1.165, 1.54) is 17.8 Å². The molecule has 2 N–H and O–H groups in total. The Kier molecular flexibility index (Phi) is 5.17. The van der Waals surface area contributed by atoms with Crippen LogP contribution in [0, 0.1) is 12.8 Å². The molecule has 2 rings (SSSR count). The van der Waals surface area contributed by atoms with Crippen molar-refractivity contribution < 1.29 is 9.59 Å². The van der Waals surface area contributed by atoms with Gasteiger partial charge in [-0.05, 0) is 32.8 Å². The van der Waals surface area contributed by atoms with Gasteiger partial charge in [0, 0.05) is 17.3 Å². The Labute approximate surface area is 124 Å². The maximum atomic E-state index is 12.2. The summed E-state index contributed by atoms with van der Waals surface area (Å²) in [6.07, 6.45) is 5.49. The van der Waals surface area contributed by atoms with E-state index < -0.39 is 0 Å². The summed E-state index contributed by atoms with van der Waals surface area (Å²) in [5.41, 5.74) is 0.784. The lowest BCUT2D eigenvalue weighted by Crippen LogP contribution is -2.25. The molecule has 1 aliphatic carbocycles. The molecule has 0 saturated heterocycles. The molecular weight excluding hydrogens is 272 g/mol. The molecule has 1 fully saturated rings. The average Bonchev–Trinajstić information content (AvgIpc) is 2.81. The second-order valence-electron chi connectivity index (χ2n) is 5.26. The van der Waals surface area contributed by atoms with Gasteiger partial charge >= 0.3 is 0 Å². The Balaban J connectivity index is 2.01. The molecule has 1 aromatic heterocycles. The first kappa shape index (κ1) is 15.0. The van der Waals surface area contributed by atoms with Crippen molar-refractivity contribution in [2.45, 2.75) is 46.0 Å². The van der Waals surface area contributed by atoms with Crippen LogP contribution < -0.4 is 10.6 Å². The third-order valence-electron chi connectivity index (χ3n) is 3.71. The number of amides is 2. The second kappa shape index (κ2) is 6.88. The fourth-order valence-electron chi connectivity index (χ4n) is 2.57. The fourth-order valence-corrected chi connectivity index (χ4v) is 3.46. The van der Waals surface area contributed by atoms with Crippen molar-refractivity contribution in [2.24, 2.45) is 5.92 Å². The van der Waals surface area contributed by atoms with Crippen molar-refractivity contribution in [1.29, 1.82) is 0 Å². The van der Waals surface area contributed by atoms with E-state index in [-0.39, 0.29) is 17.7 Å². The van der Waals surface area contributed by atoms with Gasteiger partial charge in [0.1, 0.15) is 0 Å². The molecule has 0 aliphatic heterocycles. The van der Waals surface area contributed by atoms with Gasteiger partial charge in [0.25, 0.3) is 5.91 Å². The summed E-state index contributed by atoms with van der Waals surface area (Å²) >= 11 is 1.42. The van der Waals surface area contributed by atoms with E-state index in [4.69, 9.17) is 0 Å². The topological polar surface area (TPSA) is 58.2 Å². The highest BCUT2D eigenvalue weighted by Gasteiger charge is 2.22. The third-order valence-corrected chi connectivity index (χ3v) is 4.76. The standard InChI is InChI=1S/C15H22N2O2S/c1-3-16-15(19)13-9-12(10(2)20-13)17-14(18)11-7-5-4-6-8-11/h9,11H,3-8H2,1-2H3,(H,16,19)(H,17,18). The van der Waals surface area contributed by atoms with Crippen LogP contribution in [0.4, 0.5) is 5.69 Å². The first-order valence-corrected chi connectivity index (χ1v) is 8.13. The molecule has 0 unspecified atom stereocenters. The smallest absolute Gasteiger partial charge is 0.261 e. The van der Waals surface area contributed by atoms with Gasteiger partial charge in [0.05, 0.1) is 10.6 Å². The predicted octanol–water partition coefficient (Wildman–Crippen LogP) is 3.33. The lowest BCUT2D eigenvalue weighted by Gasteiger charge is -2.20. The van der Waals surface area contributed by atoms with Gasteiger partial charge in [-0.15, -0.1) is 11.3 Å². The number of hydrogen-bond acceptors (Lipinski definition) is 3. The molecule has 4 nitrogen and oxygen atoms in total. The van der Waals surface area contributed by atoms with Crippen molar-refractivity contribution in [3.63, 3.8) is 0 Å². The maximum absolute atomic E-state index is 12.2. The molecule has 2 amide bonds. The number of hydrogen-bond donors (Lipinski definition) is 2. The Morgan fingerprint density at radius 3 is 2.65 bits per heavy atom. The van der Waals surface area contributed by atoms with Gasteiger partial charge in [-0.25, -0.2) is 0 Å². The van der Waals surface area contributed by atoms with Gasteiger partial charge in [0.15, 0.2) is 0 Å². The quantitative estimate of drug-likeness (QED) is 0.895. The van der Waals surface area contributed by atoms with Crippen LogP contribution >= 0.6 is 11.3 Å². The largest absolute Gasteiger partial charge is 0.352 e. The molecule has 5 heteroatoms. The van der Waals surface area contributed by atoms with E-state index in [0.29, 0.717) is 11.4 Å². The molecule has 0 atom stereocenters. The third kappa shape index (κ3) is 3.60. The SMILES string of the molecule is CCNC(=O)c1cc(NC(=O)C2CCCCC2)c(C)s1. The molecule has 1 saturated carbocycles. The van der Waals surface area contributed by atoms with Crippen molar-refractivity contribution in [1.82, 2.24) is 5.32 Å². The number of anilines is 1. The van der Waals surface area contributed by atoms with Crippen molar-refractivity contribution >= 4 is 28.8 Å². The predicted molar refractivity (Wildman–Crippen MR) is 82.3 cm³/mol. The van der Waals surface area contributed by atoms with Crippen molar-refractivity contribution in [2.75, 3.05) is 11.9 Å². The summed E-state index contributed by atoms with van der Waals surface area (Å²) in [5, 5.41) is 5.77. The summed E-state index contributed by atoms with van der Waals surface area (Å²) in [5.74, 6) is 0.169. The zero-order valence-electron chi connectivity index (χ0n) is 12.1. The Hall–Kier alpha value is -1.36. The number of carbonyl (C=O) groups is 2. The lowest BCUT2D eigenvalue weighted by molar-refractivity contribution is -0.120. The summed E-state index contributed by atoms with van der Waals surface area (Å²) in [6.45, 7) is 4.44. The van der Waals surface area contributed by atoms with Crippen LogP contribution in [-0.4, -0.2) is 18.4 Å². The number of aryl methyl sites for hydroxylation is 1. The van der Waals surface area contributed by atoms with Crippen molar-refractivity contribution in [3.8, 4) is 0 Å². The first-order valence-electron chi connectivity index (χ1n) is 7.31. The molecule has 0 bridgehead atoms. The monoisotopic (exact) mass is 294 g/mol. The summed E-state index contributed by atoms with van der Waals surface area (Å²) in [7, 11) is 0. The van der Waals surface area contributed by atoms with Crippen LogP contribution in [0.25, 0.3) is 0 Å². The molecule has 110 valence electrons. The molecule has 0 radical (unpaired) electrons. The van der Waals surface area contributed by atoms with E-state index in [0.717, 1.165) is 36.2 Å². The van der Waals surface area contributed by atoms with Gasteiger partial charge < -0.3 is 10.6 Å². The molecular formula is C15H22N2O2S. The van der Waals surface area contributed by atoms with E-state index >= 15 is 0 Å². The molecule has 0 aromatic carbocycles. The Bertz CT molecular complexity index is 490. The molecule has 1 aliphatic rings. The van der Waals surface area contributed by atoms with Gasteiger partial charge in [0.2, 0.25) is 5.91 Å². The molecule has 20 heavy (non-hydrogen) atoms. The minimum absolute atomic E-state index is 0.0706. The molecule has 1 heterocycles. The highest BCUT2D eigenvalue weighted by atomic mass is 32.1. The molecule has 1 aromatic rings. The highest BCUT2D eigenvalue weighted by molar-refractivity contribution is 7.14. The van der Waals surface area contributed by atoms with Crippen molar-refractivity contribution in [3.05, 3.63) is 15.8 Å². The number of rotatable bonds is 4. The maximum Gasteiger partial charge on any atom is 0.261 e. The van der Waals surface area contributed by atoms with Crippen LogP contribution in [0.2, 0.25) is 0 Å². The Morgan fingerprint density at radius 1 is 1.30 bits per heavy atom. The zero-order chi connectivity index (χ0) is 14.5. The van der Waals surface area contributed by atoms with E-state index in [2.05, 4.69) is 10.6 Å². The fraction of sp³-hybridized carbons (Fsp3) is 0.600. The van der Waals surface area contributed by atoms with Gasteiger partial charge in [-0.2, -0.15) is 0 Å². The van der Waals surface area contributed by atoms with Crippen LogP contribution in [0.5, 0.6) is 0 Å². The van der Waals surface area contributed by atoms with Gasteiger partial charge in [-0.3, -0.25) is 9.59 Å². The normalized spacial score (nSPS) is 15.9. The zero-order valence-corrected chi connectivity index (χ0v) is 12.9. The summed E-state index contributed by atoms with van der Waals surface area (Å²) in [6, 6.07) is 1.78. The van der Waals surface area contributed by atoms with Crippen LogP contribution in [0.3, 0.4) is 0 Å². The van der Waals surface area contributed by atoms with E-state index in [9.17, 15) is 9.59 Å². The van der Waals surface area contributed by atoms with E-state index in [1.54, 1.807) is 6.07 Å². The minimum atomic E-state index is -0.0706. The van der Waals surface area contributed by atoms with Crippen LogP contribution in [0.1, 0.15) is 53.6 Å². The molecule has 0 spiro atoms. The lowest BCUT2D eigenvalue weighted by atomic mass is 9.88. The number of carbonyl (C=O) groups excluding carboxylic acids is 2. The first-order chi connectivity index (χ1) is 9.61. The minimum Gasteiger partial charge on any atom is -0.352 e. The van der Waals surface area contributed by atoms with E-state index in [1.807, 2.05) is 13.8 Å². The Morgan fingerprint density at radius 2 is 2.00 bits per heavy atom. The highest BCUT2D eigenvalue weighted by Crippen LogP contribution is 2.29. The van der Waals surface area contributed by atoms with Crippen LogP contribution in [0.15, 0.2) is 6.07 Å². The summed E-state index contributed by atoms with van der Waals surface area (Å²) in [4.78, 5) is 25.6. The number of nitrogens with one attached hydrogen (secondary N) is 2. The van der Waals surface area contributed by atoms with Crippen LogP contribution in [-0.2, 0) is 4.79 Å².